The van der Waals surface area contributed by atoms with Crippen molar-refractivity contribution in [3.05, 3.63) is 68.6 Å². The first-order chi connectivity index (χ1) is 14.0. The first-order valence-electron chi connectivity index (χ1n) is 9.91. The van der Waals surface area contributed by atoms with Crippen LogP contribution in [0.25, 0.3) is 15.7 Å². The van der Waals surface area contributed by atoms with Crippen LogP contribution in [-0.4, -0.2) is 31.5 Å². The summed E-state index contributed by atoms with van der Waals surface area (Å²) in [5.41, 5.74) is 3.88. The normalized spacial score (nSPS) is 13.9. The van der Waals surface area contributed by atoms with E-state index >= 15 is 0 Å². The molecule has 0 fully saturated rings. The number of hydrogen-bond donors (Lipinski definition) is 0. The summed E-state index contributed by atoms with van der Waals surface area (Å²) in [5.74, 6) is 0.730. The molecule has 0 aliphatic carbocycles. The van der Waals surface area contributed by atoms with E-state index in [1.54, 1.807) is 11.3 Å². The average Bonchev–Trinajstić information content (AvgIpc) is 3.26. The Morgan fingerprint density at radius 2 is 1.97 bits per heavy atom. The highest BCUT2D eigenvalue weighted by Gasteiger charge is 2.22. The molecule has 4 heterocycles. The summed E-state index contributed by atoms with van der Waals surface area (Å²) in [6.07, 6.45) is 1.53. The molecule has 0 bridgehead atoms. The van der Waals surface area contributed by atoms with E-state index in [-0.39, 0.29) is 18.0 Å². The number of nitrogens with zero attached hydrogens (tertiary/aromatic N) is 4. The van der Waals surface area contributed by atoms with Gasteiger partial charge in [0, 0.05) is 24.4 Å². The molecule has 4 aromatic rings. The zero-order valence-corrected chi connectivity index (χ0v) is 17.3. The van der Waals surface area contributed by atoms with E-state index in [9.17, 15) is 9.59 Å². The number of carbonyl (C=O) groups is 1. The molecule has 3 aromatic heterocycles. The number of hydrogen-bond acceptors (Lipinski definition) is 4. The lowest BCUT2D eigenvalue weighted by Crippen LogP contribution is -2.40. The molecule has 0 atom stereocenters. The van der Waals surface area contributed by atoms with Crippen LogP contribution in [0.2, 0.25) is 0 Å². The number of fused-ring (bicyclic) bond motifs is 4. The zero-order chi connectivity index (χ0) is 20.1. The number of rotatable bonds is 3. The van der Waals surface area contributed by atoms with Gasteiger partial charge in [-0.3, -0.25) is 14.0 Å². The van der Waals surface area contributed by atoms with Gasteiger partial charge in [0.15, 0.2) is 0 Å². The second-order valence-corrected chi connectivity index (χ2v) is 8.83. The van der Waals surface area contributed by atoms with Crippen LogP contribution in [0.15, 0.2) is 41.2 Å². The Morgan fingerprint density at radius 1 is 1.17 bits per heavy atom. The third-order valence-electron chi connectivity index (χ3n) is 5.65. The maximum absolute atomic E-state index is 13.1. The van der Waals surface area contributed by atoms with Gasteiger partial charge >= 0.3 is 0 Å². The minimum Gasteiger partial charge on any atom is -0.336 e. The van der Waals surface area contributed by atoms with Gasteiger partial charge in [-0.05, 0) is 36.6 Å². The lowest BCUT2D eigenvalue weighted by Gasteiger charge is -2.29. The number of aryl methyl sites for hydroxylation is 2. The minimum absolute atomic E-state index is 0.0254. The molecule has 0 saturated heterocycles. The number of amides is 1. The SMILES string of the molecule is CCc1nn(CC(=O)N2CCc3ccccc3C2)c(=O)c2cc3sc(C)cc3n12. The van der Waals surface area contributed by atoms with Gasteiger partial charge in [0.2, 0.25) is 5.91 Å². The van der Waals surface area contributed by atoms with E-state index < -0.39 is 0 Å². The molecule has 0 saturated carbocycles. The van der Waals surface area contributed by atoms with E-state index in [4.69, 9.17) is 0 Å². The van der Waals surface area contributed by atoms with Gasteiger partial charge in [0.25, 0.3) is 5.56 Å². The van der Waals surface area contributed by atoms with E-state index in [1.807, 2.05) is 34.4 Å². The van der Waals surface area contributed by atoms with Crippen molar-refractivity contribution in [3.8, 4) is 0 Å². The summed E-state index contributed by atoms with van der Waals surface area (Å²) in [5, 5.41) is 4.55. The van der Waals surface area contributed by atoms with Crippen molar-refractivity contribution in [1.29, 1.82) is 0 Å². The third kappa shape index (κ3) is 2.97. The molecule has 5 rings (SSSR count). The molecule has 6 nitrogen and oxygen atoms in total. The quantitative estimate of drug-likeness (QED) is 0.525. The Labute approximate surface area is 172 Å². The molecule has 1 amide bonds. The predicted molar refractivity (Wildman–Crippen MR) is 115 cm³/mol. The summed E-state index contributed by atoms with van der Waals surface area (Å²) in [6.45, 7) is 5.32. The number of thiophene rings is 1. The van der Waals surface area contributed by atoms with Crippen LogP contribution >= 0.6 is 11.3 Å². The monoisotopic (exact) mass is 406 g/mol. The Hall–Kier alpha value is -2.93. The van der Waals surface area contributed by atoms with Crippen molar-refractivity contribution in [2.75, 3.05) is 6.54 Å². The summed E-state index contributed by atoms with van der Waals surface area (Å²) in [6, 6.07) is 12.2. The van der Waals surface area contributed by atoms with Crippen molar-refractivity contribution in [1.82, 2.24) is 19.1 Å². The van der Waals surface area contributed by atoms with Crippen molar-refractivity contribution < 1.29 is 4.79 Å². The molecule has 0 unspecified atom stereocenters. The fraction of sp³-hybridized carbons (Fsp3) is 0.318. The van der Waals surface area contributed by atoms with E-state index in [0.717, 1.165) is 22.5 Å². The summed E-state index contributed by atoms with van der Waals surface area (Å²) < 4.78 is 4.36. The number of carbonyl (C=O) groups excluding carboxylic acids is 1. The molecular weight excluding hydrogens is 384 g/mol. The van der Waals surface area contributed by atoms with Gasteiger partial charge in [-0.1, -0.05) is 31.2 Å². The fourth-order valence-corrected chi connectivity index (χ4v) is 5.13. The smallest absolute Gasteiger partial charge is 0.291 e. The molecule has 7 heteroatoms. The maximum Gasteiger partial charge on any atom is 0.291 e. The van der Waals surface area contributed by atoms with Crippen LogP contribution in [0.1, 0.15) is 28.8 Å². The van der Waals surface area contributed by atoms with Crippen LogP contribution < -0.4 is 5.56 Å². The van der Waals surface area contributed by atoms with Crippen molar-refractivity contribution in [2.24, 2.45) is 0 Å². The highest BCUT2D eigenvalue weighted by atomic mass is 32.1. The number of aromatic nitrogens is 3. The van der Waals surface area contributed by atoms with Crippen molar-refractivity contribution >= 4 is 33.0 Å². The predicted octanol–water partition coefficient (Wildman–Crippen LogP) is 3.17. The highest BCUT2D eigenvalue weighted by molar-refractivity contribution is 7.19. The van der Waals surface area contributed by atoms with E-state index in [1.165, 1.54) is 20.7 Å². The Morgan fingerprint density at radius 3 is 2.76 bits per heavy atom. The Balaban J connectivity index is 1.50. The minimum atomic E-state index is -0.214. The molecule has 1 aliphatic rings. The van der Waals surface area contributed by atoms with Crippen LogP contribution in [0.4, 0.5) is 0 Å². The summed E-state index contributed by atoms with van der Waals surface area (Å²) in [7, 11) is 0. The van der Waals surface area contributed by atoms with Crippen molar-refractivity contribution in [3.63, 3.8) is 0 Å². The largest absolute Gasteiger partial charge is 0.336 e. The zero-order valence-electron chi connectivity index (χ0n) is 16.5. The molecule has 29 heavy (non-hydrogen) atoms. The van der Waals surface area contributed by atoms with Crippen molar-refractivity contribution in [2.45, 2.75) is 39.8 Å². The van der Waals surface area contributed by atoms with Gasteiger partial charge in [0.05, 0.1) is 10.2 Å². The van der Waals surface area contributed by atoms with Crippen LogP contribution in [-0.2, 0) is 30.7 Å². The maximum atomic E-state index is 13.1. The summed E-state index contributed by atoms with van der Waals surface area (Å²) >= 11 is 1.67. The van der Waals surface area contributed by atoms with Gasteiger partial charge in [0.1, 0.15) is 17.9 Å². The first-order valence-corrected chi connectivity index (χ1v) is 10.7. The second-order valence-electron chi connectivity index (χ2n) is 7.54. The van der Waals surface area contributed by atoms with Gasteiger partial charge in [-0.2, -0.15) is 5.10 Å². The standard InChI is InChI=1S/C22H22N4O2S/c1-3-20-23-25(22(28)18-11-19-17(26(18)20)10-14(2)29-19)13-21(27)24-9-8-15-6-4-5-7-16(15)12-24/h4-7,10-11H,3,8-9,12-13H2,1-2H3. The lowest BCUT2D eigenvalue weighted by molar-refractivity contribution is -0.133. The number of benzene rings is 1. The molecule has 0 N–H and O–H groups in total. The second kappa shape index (κ2) is 6.84. The first kappa shape index (κ1) is 18.1. The molecule has 148 valence electrons. The Kier molecular flexibility index (Phi) is 4.28. The molecule has 1 aliphatic heterocycles. The average molecular weight is 407 g/mol. The molecule has 1 aromatic carbocycles. The summed E-state index contributed by atoms with van der Waals surface area (Å²) in [4.78, 5) is 29.1. The molecular formula is C22H22N4O2S. The lowest BCUT2D eigenvalue weighted by atomic mass is 10.00. The van der Waals surface area contributed by atoms with Crippen LogP contribution in [0.3, 0.4) is 0 Å². The van der Waals surface area contributed by atoms with E-state index in [0.29, 0.717) is 25.0 Å². The highest BCUT2D eigenvalue weighted by Crippen LogP contribution is 2.28. The molecule has 0 radical (unpaired) electrons. The van der Waals surface area contributed by atoms with Crippen LogP contribution in [0, 0.1) is 6.92 Å². The Bertz CT molecular complexity index is 1310. The van der Waals surface area contributed by atoms with Gasteiger partial charge in [-0.25, -0.2) is 4.68 Å². The van der Waals surface area contributed by atoms with Crippen LogP contribution in [0.5, 0.6) is 0 Å². The topological polar surface area (TPSA) is 59.6 Å². The van der Waals surface area contributed by atoms with E-state index in [2.05, 4.69) is 30.2 Å². The van der Waals surface area contributed by atoms with Gasteiger partial charge in [-0.15, -0.1) is 11.3 Å². The molecule has 0 spiro atoms. The fourth-order valence-electron chi connectivity index (χ4n) is 4.19. The third-order valence-corrected chi connectivity index (χ3v) is 6.63. The van der Waals surface area contributed by atoms with Gasteiger partial charge < -0.3 is 4.90 Å².